The van der Waals surface area contributed by atoms with E-state index in [4.69, 9.17) is 26.2 Å². The number of benzene rings is 1. The number of hydrogen-bond acceptors (Lipinski definition) is 4. The van der Waals surface area contributed by atoms with E-state index in [9.17, 15) is 13.6 Å². The van der Waals surface area contributed by atoms with Crippen LogP contribution in [0.5, 0.6) is 17.4 Å². The average molecular weight is 356 g/mol. The summed E-state index contributed by atoms with van der Waals surface area (Å²) in [6, 6.07) is 2.57. The molecule has 0 amide bonds. The number of nitrogens with zero attached hydrogens (tertiary/aromatic N) is 1. The van der Waals surface area contributed by atoms with Crippen LogP contribution in [0.1, 0.15) is 23.2 Å². The summed E-state index contributed by atoms with van der Waals surface area (Å²) in [5.74, 6) is -3.32. The van der Waals surface area contributed by atoms with Gasteiger partial charge in [-0.2, -0.15) is 0 Å². The van der Waals surface area contributed by atoms with E-state index < -0.39 is 28.9 Å². The molecule has 0 saturated heterocycles. The number of hydrogen-bond donors (Lipinski definition) is 1. The van der Waals surface area contributed by atoms with E-state index in [0.29, 0.717) is 24.7 Å². The van der Waals surface area contributed by atoms with Gasteiger partial charge in [0.2, 0.25) is 5.88 Å². The summed E-state index contributed by atoms with van der Waals surface area (Å²) >= 11 is 6.02. The minimum absolute atomic E-state index is 0.0696. The lowest BCUT2D eigenvalue weighted by molar-refractivity contribution is 0.0691. The minimum Gasteiger partial charge on any atom is -0.478 e. The van der Waals surface area contributed by atoms with E-state index in [1.807, 2.05) is 0 Å². The van der Waals surface area contributed by atoms with Crippen LogP contribution in [0.4, 0.5) is 8.78 Å². The Balaban J connectivity index is 1.76. The first kappa shape index (κ1) is 16.4. The Hall–Kier alpha value is -2.41. The second-order valence-electron chi connectivity index (χ2n) is 5.38. The quantitative estimate of drug-likeness (QED) is 0.837. The molecule has 1 aliphatic rings. The molecule has 0 atom stereocenters. The molecule has 0 aliphatic heterocycles. The largest absolute Gasteiger partial charge is 0.478 e. The highest BCUT2D eigenvalue weighted by Crippen LogP contribution is 2.33. The molecule has 126 valence electrons. The fourth-order valence-corrected chi connectivity index (χ4v) is 2.16. The molecule has 8 heteroatoms. The fraction of sp³-hybridized carbons (Fsp3) is 0.250. The number of pyridine rings is 1. The number of aromatic nitrogens is 1. The smallest absolute Gasteiger partial charge is 0.338 e. The van der Waals surface area contributed by atoms with Gasteiger partial charge in [0.1, 0.15) is 16.6 Å². The van der Waals surface area contributed by atoms with Crippen molar-refractivity contribution >= 4 is 17.6 Å². The molecule has 0 spiro atoms. The van der Waals surface area contributed by atoms with Gasteiger partial charge in [0, 0.05) is 12.1 Å². The van der Waals surface area contributed by atoms with E-state index in [1.54, 1.807) is 0 Å². The molecule has 3 rings (SSSR count). The van der Waals surface area contributed by atoms with Crippen LogP contribution in [0.25, 0.3) is 0 Å². The minimum atomic E-state index is -1.57. The molecule has 0 bridgehead atoms. The third-order valence-electron chi connectivity index (χ3n) is 3.41. The van der Waals surface area contributed by atoms with Crippen molar-refractivity contribution in [1.29, 1.82) is 0 Å². The van der Waals surface area contributed by atoms with Crippen molar-refractivity contribution in [3.63, 3.8) is 0 Å². The van der Waals surface area contributed by atoms with Crippen LogP contribution in [0, 0.1) is 17.6 Å². The van der Waals surface area contributed by atoms with Crippen molar-refractivity contribution in [2.24, 2.45) is 5.92 Å². The molecule has 1 saturated carbocycles. The Kier molecular flexibility index (Phi) is 4.53. The molecule has 0 unspecified atom stereocenters. The van der Waals surface area contributed by atoms with Gasteiger partial charge in [0.25, 0.3) is 0 Å². The van der Waals surface area contributed by atoms with Gasteiger partial charge in [-0.15, -0.1) is 0 Å². The van der Waals surface area contributed by atoms with Crippen molar-refractivity contribution in [3.8, 4) is 17.4 Å². The van der Waals surface area contributed by atoms with Gasteiger partial charge >= 0.3 is 5.97 Å². The maximum atomic E-state index is 13.8. The molecule has 1 fully saturated rings. The normalized spacial score (nSPS) is 13.6. The Morgan fingerprint density at radius 1 is 1.29 bits per heavy atom. The van der Waals surface area contributed by atoms with Gasteiger partial charge in [-0.25, -0.2) is 18.6 Å². The topological polar surface area (TPSA) is 68.7 Å². The molecule has 5 nitrogen and oxygen atoms in total. The predicted octanol–water partition coefficient (Wildman–Crippen LogP) is 4.29. The Morgan fingerprint density at radius 2 is 2.04 bits per heavy atom. The lowest BCUT2D eigenvalue weighted by Crippen LogP contribution is -2.03. The summed E-state index contributed by atoms with van der Waals surface area (Å²) in [6.45, 7) is 0.531. The van der Waals surface area contributed by atoms with Crippen LogP contribution in [-0.4, -0.2) is 22.7 Å². The average Bonchev–Trinajstić information content (AvgIpc) is 3.34. The second kappa shape index (κ2) is 6.60. The number of halogens is 3. The van der Waals surface area contributed by atoms with Crippen LogP contribution in [-0.2, 0) is 0 Å². The van der Waals surface area contributed by atoms with Crippen LogP contribution in [0.2, 0.25) is 5.02 Å². The Bertz CT molecular complexity index is 796. The zero-order valence-electron chi connectivity index (χ0n) is 12.3. The van der Waals surface area contributed by atoms with Crippen LogP contribution >= 0.6 is 11.6 Å². The highest BCUT2D eigenvalue weighted by atomic mass is 35.5. The highest BCUT2D eigenvalue weighted by molar-refractivity contribution is 6.31. The van der Waals surface area contributed by atoms with E-state index in [2.05, 4.69) is 4.98 Å². The third kappa shape index (κ3) is 3.73. The van der Waals surface area contributed by atoms with Crippen molar-refractivity contribution in [1.82, 2.24) is 4.98 Å². The summed E-state index contributed by atoms with van der Waals surface area (Å²) in [5, 5.41) is 8.92. The summed E-state index contributed by atoms with van der Waals surface area (Å²) in [4.78, 5) is 14.7. The molecule has 1 aromatic carbocycles. The maximum Gasteiger partial charge on any atom is 0.338 e. The second-order valence-corrected chi connectivity index (χ2v) is 5.79. The molecule has 1 aliphatic carbocycles. The van der Waals surface area contributed by atoms with E-state index in [1.165, 1.54) is 12.3 Å². The molecule has 1 N–H and O–H groups in total. The first-order valence-corrected chi connectivity index (χ1v) is 7.50. The molecule has 1 aromatic heterocycles. The number of carboxylic acids is 1. The fourth-order valence-electron chi connectivity index (χ4n) is 1.95. The lowest BCUT2D eigenvalue weighted by Gasteiger charge is -2.10. The van der Waals surface area contributed by atoms with Crippen molar-refractivity contribution in [2.45, 2.75) is 12.8 Å². The van der Waals surface area contributed by atoms with E-state index in [-0.39, 0.29) is 16.7 Å². The van der Waals surface area contributed by atoms with E-state index >= 15 is 0 Å². The first-order valence-electron chi connectivity index (χ1n) is 7.12. The molecule has 0 radical (unpaired) electrons. The van der Waals surface area contributed by atoms with Gasteiger partial charge in [0.05, 0.1) is 18.4 Å². The number of ether oxygens (including phenoxy) is 2. The monoisotopic (exact) mass is 355 g/mol. The zero-order valence-corrected chi connectivity index (χ0v) is 13.0. The third-order valence-corrected chi connectivity index (χ3v) is 3.69. The maximum absolute atomic E-state index is 13.8. The standard InChI is InChI=1S/C16H12ClF2NO4/c17-11-3-9(6-20-15(11)23-7-8-1-2-8)24-14-5-12(18)10(16(21)22)4-13(14)19/h3-6,8H,1-2,7H2,(H,21,22). The SMILES string of the molecule is O=C(O)c1cc(F)c(Oc2cnc(OCC3CC3)c(Cl)c2)cc1F. The molecular formula is C16H12ClF2NO4. The van der Waals surface area contributed by atoms with Crippen molar-refractivity contribution in [3.05, 3.63) is 46.6 Å². The molecule has 2 aromatic rings. The van der Waals surface area contributed by atoms with Crippen molar-refractivity contribution in [2.75, 3.05) is 6.61 Å². The van der Waals surface area contributed by atoms with Gasteiger partial charge in [-0.05, 0) is 24.8 Å². The highest BCUT2D eigenvalue weighted by Gasteiger charge is 2.23. The van der Waals surface area contributed by atoms with Gasteiger partial charge < -0.3 is 14.6 Å². The summed E-state index contributed by atoms with van der Waals surface area (Å²) < 4.78 is 38.1. The van der Waals surface area contributed by atoms with Gasteiger partial charge in [-0.1, -0.05) is 11.6 Å². The van der Waals surface area contributed by atoms with Gasteiger partial charge in [0.15, 0.2) is 11.6 Å². The molecular weight excluding hydrogens is 344 g/mol. The zero-order chi connectivity index (χ0) is 17.3. The summed E-state index contributed by atoms with van der Waals surface area (Å²) in [7, 11) is 0. The lowest BCUT2D eigenvalue weighted by atomic mass is 10.2. The first-order chi connectivity index (χ1) is 11.4. The Labute approximate surface area is 140 Å². The van der Waals surface area contributed by atoms with Crippen LogP contribution in [0.15, 0.2) is 24.4 Å². The number of rotatable bonds is 6. The van der Waals surface area contributed by atoms with Gasteiger partial charge in [-0.3, -0.25) is 0 Å². The van der Waals surface area contributed by atoms with Crippen molar-refractivity contribution < 1.29 is 28.2 Å². The summed E-state index contributed by atoms with van der Waals surface area (Å²) in [6.07, 6.45) is 3.50. The predicted molar refractivity (Wildman–Crippen MR) is 80.9 cm³/mol. The van der Waals surface area contributed by atoms with Crippen LogP contribution in [0.3, 0.4) is 0 Å². The van der Waals surface area contributed by atoms with E-state index in [0.717, 1.165) is 12.8 Å². The Morgan fingerprint density at radius 3 is 2.67 bits per heavy atom. The summed E-state index contributed by atoms with van der Waals surface area (Å²) in [5.41, 5.74) is -0.778. The number of aromatic carboxylic acids is 1. The molecule has 1 heterocycles. The van der Waals surface area contributed by atoms with Crippen LogP contribution < -0.4 is 9.47 Å². The molecule has 24 heavy (non-hydrogen) atoms. The number of carbonyl (C=O) groups is 1. The number of carboxylic acid groups (broad SMARTS) is 1.